The second-order valence-corrected chi connectivity index (χ2v) is 1.77. The Morgan fingerprint density at radius 2 is 1.27 bits per heavy atom. The van der Waals surface area contributed by atoms with Crippen molar-refractivity contribution in [2.75, 3.05) is 0 Å². The van der Waals surface area contributed by atoms with Gasteiger partial charge in [-0.1, -0.05) is 12.1 Å². The molecule has 0 aliphatic heterocycles. The number of rotatable bonds is 0. The summed E-state index contributed by atoms with van der Waals surface area (Å²) in [7, 11) is 0. The van der Waals surface area contributed by atoms with Gasteiger partial charge in [0.05, 0.1) is 11.1 Å². The van der Waals surface area contributed by atoms with Crippen LogP contribution in [0.15, 0.2) is 24.3 Å². The molecule has 0 fully saturated rings. The number of nitriles is 2. The molecule has 0 aliphatic carbocycles. The monoisotopic (exact) mass is 146 g/mol. The molecule has 1 rings (SSSR count). The number of hydrogen-bond acceptors (Lipinski definition) is 2. The number of hydrogen-bond donors (Lipinski definition) is 0. The molecule has 0 atom stereocenters. The van der Waals surface area contributed by atoms with Crippen LogP contribution in [0.2, 0.25) is 0 Å². The Hall–Kier alpha value is -1.84. The van der Waals surface area contributed by atoms with Crippen molar-refractivity contribution in [2.24, 2.45) is 0 Å². The zero-order valence-corrected chi connectivity index (χ0v) is 5.70. The molecule has 0 bridgehead atoms. The highest BCUT2D eigenvalue weighted by atomic mass is 16.0. The molecule has 3 nitrogen and oxygen atoms in total. The van der Waals surface area contributed by atoms with Crippen LogP contribution in [0.1, 0.15) is 11.1 Å². The van der Waals surface area contributed by atoms with Crippen LogP contribution in [0.25, 0.3) is 0 Å². The van der Waals surface area contributed by atoms with E-state index >= 15 is 0 Å². The minimum atomic E-state index is 0. The summed E-state index contributed by atoms with van der Waals surface area (Å²) in [6, 6.07) is 10.6. The first-order chi connectivity index (χ1) is 4.88. The summed E-state index contributed by atoms with van der Waals surface area (Å²) >= 11 is 0. The highest BCUT2D eigenvalue weighted by molar-refractivity contribution is 5.44. The molecule has 0 radical (unpaired) electrons. The van der Waals surface area contributed by atoms with Crippen LogP contribution in [-0.2, 0) is 0 Å². The van der Waals surface area contributed by atoms with E-state index in [2.05, 4.69) is 0 Å². The van der Waals surface area contributed by atoms with E-state index in [-0.39, 0.29) is 5.48 Å². The maximum atomic E-state index is 8.45. The summed E-state index contributed by atoms with van der Waals surface area (Å²) in [5.41, 5.74) is 0.870. The molecular weight excluding hydrogens is 140 g/mol. The fourth-order valence-corrected chi connectivity index (χ4v) is 0.678. The average molecular weight is 146 g/mol. The molecule has 1 aromatic rings. The first kappa shape index (κ1) is 9.16. The van der Waals surface area contributed by atoms with Gasteiger partial charge in [0.25, 0.3) is 0 Å². The highest BCUT2D eigenvalue weighted by Gasteiger charge is 1.95. The van der Waals surface area contributed by atoms with E-state index in [4.69, 9.17) is 10.5 Å². The Bertz CT molecular complexity index is 287. The first-order valence-electron chi connectivity index (χ1n) is 2.77. The van der Waals surface area contributed by atoms with Crippen molar-refractivity contribution >= 4 is 0 Å². The van der Waals surface area contributed by atoms with E-state index in [0.717, 1.165) is 0 Å². The fraction of sp³-hybridized carbons (Fsp3) is 0. The molecule has 0 unspecified atom stereocenters. The minimum absolute atomic E-state index is 0. The summed E-state index contributed by atoms with van der Waals surface area (Å²) in [5, 5.41) is 16.9. The third-order valence-electron chi connectivity index (χ3n) is 1.17. The molecule has 11 heavy (non-hydrogen) atoms. The summed E-state index contributed by atoms with van der Waals surface area (Å²) < 4.78 is 0. The van der Waals surface area contributed by atoms with Crippen LogP contribution < -0.4 is 0 Å². The fourth-order valence-electron chi connectivity index (χ4n) is 0.678. The standard InChI is InChI=1S/C8H4N2.H2O/c9-5-7-3-1-2-4-8(7)6-10;/h1-4H;1H2. The van der Waals surface area contributed by atoms with Crippen molar-refractivity contribution in [3.8, 4) is 12.1 Å². The van der Waals surface area contributed by atoms with Gasteiger partial charge in [-0.25, -0.2) is 0 Å². The number of nitrogens with zero attached hydrogens (tertiary/aromatic N) is 2. The zero-order valence-electron chi connectivity index (χ0n) is 5.70. The molecule has 0 saturated carbocycles. The van der Waals surface area contributed by atoms with Crippen molar-refractivity contribution in [2.45, 2.75) is 0 Å². The van der Waals surface area contributed by atoms with E-state index in [1.807, 2.05) is 12.1 Å². The van der Waals surface area contributed by atoms with Crippen LogP contribution in [0.4, 0.5) is 0 Å². The van der Waals surface area contributed by atoms with Crippen LogP contribution in [0.5, 0.6) is 0 Å². The van der Waals surface area contributed by atoms with Gasteiger partial charge in [0.15, 0.2) is 0 Å². The topological polar surface area (TPSA) is 79.1 Å². The Morgan fingerprint density at radius 3 is 1.55 bits per heavy atom. The van der Waals surface area contributed by atoms with Gasteiger partial charge in [0.1, 0.15) is 12.1 Å². The molecule has 0 heterocycles. The molecular formula is C8H6N2O. The Labute approximate surface area is 64.4 Å². The Balaban J connectivity index is 0.000001000. The number of benzene rings is 1. The van der Waals surface area contributed by atoms with Crippen molar-refractivity contribution in [1.82, 2.24) is 0 Å². The van der Waals surface area contributed by atoms with Gasteiger partial charge in [0.2, 0.25) is 0 Å². The normalized spacial score (nSPS) is 7.09. The minimum Gasteiger partial charge on any atom is -0.412 e. The van der Waals surface area contributed by atoms with Crippen LogP contribution in [0.3, 0.4) is 0 Å². The summed E-state index contributed by atoms with van der Waals surface area (Å²) in [6.07, 6.45) is 0. The van der Waals surface area contributed by atoms with Gasteiger partial charge in [-0.2, -0.15) is 10.5 Å². The lowest BCUT2D eigenvalue weighted by atomic mass is 10.1. The Morgan fingerprint density at radius 1 is 0.909 bits per heavy atom. The first-order valence-corrected chi connectivity index (χ1v) is 2.77. The lowest BCUT2D eigenvalue weighted by molar-refractivity contribution is 0.824. The van der Waals surface area contributed by atoms with Crippen molar-refractivity contribution in [3.63, 3.8) is 0 Å². The maximum absolute atomic E-state index is 8.45. The van der Waals surface area contributed by atoms with Gasteiger partial charge in [-0.3, -0.25) is 0 Å². The molecule has 1 aromatic carbocycles. The largest absolute Gasteiger partial charge is 0.412 e. The molecule has 0 aliphatic rings. The van der Waals surface area contributed by atoms with E-state index in [0.29, 0.717) is 11.1 Å². The van der Waals surface area contributed by atoms with Crippen molar-refractivity contribution in [3.05, 3.63) is 35.4 Å². The SMILES string of the molecule is N#Cc1ccccc1C#N.O. The van der Waals surface area contributed by atoms with Crippen molar-refractivity contribution < 1.29 is 5.48 Å². The van der Waals surface area contributed by atoms with Crippen LogP contribution in [-0.4, -0.2) is 5.48 Å². The molecule has 2 N–H and O–H groups in total. The van der Waals surface area contributed by atoms with Gasteiger partial charge in [-0.05, 0) is 12.1 Å². The predicted molar refractivity (Wildman–Crippen MR) is 39.5 cm³/mol. The molecule has 0 spiro atoms. The van der Waals surface area contributed by atoms with E-state index in [9.17, 15) is 0 Å². The lowest BCUT2D eigenvalue weighted by Gasteiger charge is -1.88. The summed E-state index contributed by atoms with van der Waals surface area (Å²) in [4.78, 5) is 0. The quantitative estimate of drug-likeness (QED) is 0.537. The molecule has 0 saturated heterocycles. The predicted octanol–water partition coefficient (Wildman–Crippen LogP) is 0.605. The zero-order chi connectivity index (χ0) is 7.40. The van der Waals surface area contributed by atoms with Crippen LogP contribution in [0, 0.1) is 22.7 Å². The second kappa shape index (κ2) is 4.05. The van der Waals surface area contributed by atoms with E-state index in [1.165, 1.54) is 0 Å². The third-order valence-corrected chi connectivity index (χ3v) is 1.17. The van der Waals surface area contributed by atoms with E-state index < -0.39 is 0 Å². The Kier molecular flexibility index (Phi) is 3.37. The van der Waals surface area contributed by atoms with Crippen molar-refractivity contribution in [1.29, 1.82) is 10.5 Å². The van der Waals surface area contributed by atoms with E-state index in [1.54, 1.807) is 24.3 Å². The van der Waals surface area contributed by atoms with Gasteiger partial charge in [-0.15, -0.1) is 0 Å². The summed E-state index contributed by atoms with van der Waals surface area (Å²) in [5.74, 6) is 0. The lowest BCUT2D eigenvalue weighted by Crippen LogP contribution is -1.79. The second-order valence-electron chi connectivity index (χ2n) is 1.77. The highest BCUT2D eigenvalue weighted by Crippen LogP contribution is 2.03. The van der Waals surface area contributed by atoms with Crippen LogP contribution >= 0.6 is 0 Å². The molecule has 0 amide bonds. The molecule has 54 valence electrons. The average Bonchev–Trinajstić information content (AvgIpc) is 2.04. The molecule has 0 aromatic heterocycles. The molecule has 3 heteroatoms. The van der Waals surface area contributed by atoms with Gasteiger partial charge < -0.3 is 5.48 Å². The van der Waals surface area contributed by atoms with Gasteiger partial charge >= 0.3 is 0 Å². The van der Waals surface area contributed by atoms with Gasteiger partial charge in [0, 0.05) is 0 Å². The summed E-state index contributed by atoms with van der Waals surface area (Å²) in [6.45, 7) is 0. The third kappa shape index (κ3) is 1.79. The smallest absolute Gasteiger partial charge is 0.101 e. The maximum Gasteiger partial charge on any atom is 0.101 e.